The fourth-order valence-electron chi connectivity index (χ4n) is 2.68. The van der Waals surface area contributed by atoms with Crippen molar-refractivity contribution in [1.29, 1.82) is 0 Å². The Balaban J connectivity index is 1.99. The van der Waals surface area contributed by atoms with Crippen molar-refractivity contribution < 1.29 is 19.8 Å². The van der Waals surface area contributed by atoms with E-state index in [1.165, 1.54) is 24.6 Å². The summed E-state index contributed by atoms with van der Waals surface area (Å²) in [5, 5.41) is 24.0. The highest BCUT2D eigenvalue weighted by molar-refractivity contribution is 5.94. The van der Waals surface area contributed by atoms with E-state index in [-0.39, 0.29) is 22.9 Å². The topological polar surface area (TPSA) is 98.7 Å². The third-order valence-corrected chi connectivity index (χ3v) is 3.86. The molecule has 0 bridgehead atoms. The van der Waals surface area contributed by atoms with E-state index in [1.807, 2.05) is 6.92 Å². The fraction of sp³-hybridized carbons (Fsp3) is 0.467. The summed E-state index contributed by atoms with van der Waals surface area (Å²) in [6.07, 6.45) is 5.30. The first-order valence-corrected chi connectivity index (χ1v) is 7.05. The van der Waals surface area contributed by atoms with Crippen molar-refractivity contribution in [3.8, 4) is 5.75 Å². The van der Waals surface area contributed by atoms with Gasteiger partial charge in [0.2, 0.25) is 0 Å². The molecular formula is C15H20N2O4. The monoisotopic (exact) mass is 292 g/mol. The number of carboxylic acids is 1. The second-order valence-corrected chi connectivity index (χ2v) is 5.74. The smallest absolute Gasteiger partial charge is 0.339 e. The lowest BCUT2D eigenvalue weighted by atomic mass is 9.83. The van der Waals surface area contributed by atoms with Gasteiger partial charge in [-0.1, -0.05) is 19.3 Å². The van der Waals surface area contributed by atoms with E-state index >= 15 is 0 Å². The zero-order valence-electron chi connectivity index (χ0n) is 12.0. The van der Waals surface area contributed by atoms with Crippen molar-refractivity contribution in [3.05, 3.63) is 23.8 Å². The molecule has 21 heavy (non-hydrogen) atoms. The largest absolute Gasteiger partial charge is 0.507 e. The number of benzene rings is 1. The number of carbonyl (C=O) groups excluding carboxylic acids is 1. The van der Waals surface area contributed by atoms with Crippen molar-refractivity contribution in [1.82, 2.24) is 5.32 Å². The number of amides is 2. The van der Waals surface area contributed by atoms with Gasteiger partial charge >= 0.3 is 12.0 Å². The first kappa shape index (κ1) is 15.2. The Labute approximate surface area is 123 Å². The molecule has 1 aliphatic rings. The van der Waals surface area contributed by atoms with Gasteiger partial charge in [-0.3, -0.25) is 0 Å². The number of anilines is 1. The molecule has 1 aromatic rings. The fourth-order valence-corrected chi connectivity index (χ4v) is 2.68. The molecule has 1 saturated carbocycles. The highest BCUT2D eigenvalue weighted by Gasteiger charge is 2.28. The number of carboxylic acid groups (broad SMARTS) is 1. The van der Waals surface area contributed by atoms with Crippen LogP contribution in [-0.2, 0) is 0 Å². The second kappa shape index (κ2) is 6.03. The van der Waals surface area contributed by atoms with Crippen LogP contribution < -0.4 is 10.6 Å². The molecular weight excluding hydrogens is 272 g/mol. The third kappa shape index (κ3) is 3.87. The van der Waals surface area contributed by atoms with Crippen LogP contribution in [0.2, 0.25) is 0 Å². The number of carbonyl (C=O) groups is 2. The lowest BCUT2D eigenvalue weighted by molar-refractivity contribution is 0.0693. The van der Waals surface area contributed by atoms with Gasteiger partial charge in [0.25, 0.3) is 0 Å². The van der Waals surface area contributed by atoms with Gasteiger partial charge in [0.1, 0.15) is 11.3 Å². The van der Waals surface area contributed by atoms with Crippen LogP contribution >= 0.6 is 0 Å². The normalized spacial score (nSPS) is 17.0. The second-order valence-electron chi connectivity index (χ2n) is 5.74. The van der Waals surface area contributed by atoms with Crippen LogP contribution in [-0.4, -0.2) is 27.8 Å². The van der Waals surface area contributed by atoms with E-state index in [0.29, 0.717) is 5.69 Å². The van der Waals surface area contributed by atoms with Gasteiger partial charge in [-0.05, 0) is 31.9 Å². The number of urea groups is 1. The molecule has 0 radical (unpaired) electrons. The molecule has 0 aromatic heterocycles. The van der Waals surface area contributed by atoms with Gasteiger partial charge in [0.05, 0.1) is 0 Å². The van der Waals surface area contributed by atoms with Crippen LogP contribution in [0.4, 0.5) is 10.5 Å². The summed E-state index contributed by atoms with van der Waals surface area (Å²) in [4.78, 5) is 22.8. The summed E-state index contributed by atoms with van der Waals surface area (Å²) >= 11 is 0. The van der Waals surface area contributed by atoms with Crippen molar-refractivity contribution in [3.63, 3.8) is 0 Å². The predicted molar refractivity (Wildman–Crippen MR) is 78.7 cm³/mol. The van der Waals surface area contributed by atoms with E-state index in [2.05, 4.69) is 10.6 Å². The van der Waals surface area contributed by atoms with Crippen molar-refractivity contribution in [2.24, 2.45) is 0 Å². The summed E-state index contributed by atoms with van der Waals surface area (Å²) < 4.78 is 0. The maximum Gasteiger partial charge on any atom is 0.339 e. The number of aromatic carboxylic acids is 1. The first-order valence-electron chi connectivity index (χ1n) is 7.05. The molecule has 1 aromatic carbocycles. The SMILES string of the molecule is CC1(NC(=O)Nc2ccc(C(=O)O)c(O)c2)CCCCC1. The van der Waals surface area contributed by atoms with Crippen LogP contribution in [0.25, 0.3) is 0 Å². The Bertz CT molecular complexity index is 551. The number of nitrogens with one attached hydrogen (secondary N) is 2. The summed E-state index contributed by atoms with van der Waals surface area (Å²) in [5.74, 6) is -1.58. The number of rotatable bonds is 3. The minimum atomic E-state index is -1.21. The highest BCUT2D eigenvalue weighted by Crippen LogP contribution is 2.28. The average molecular weight is 292 g/mol. The Kier molecular flexibility index (Phi) is 4.35. The molecule has 1 fully saturated rings. The van der Waals surface area contributed by atoms with Crippen molar-refractivity contribution >= 4 is 17.7 Å². The minimum absolute atomic E-state index is 0.194. The van der Waals surface area contributed by atoms with Crippen LogP contribution in [0.5, 0.6) is 5.75 Å². The zero-order chi connectivity index (χ0) is 15.5. The molecule has 0 unspecified atom stereocenters. The first-order chi connectivity index (χ1) is 9.89. The van der Waals surface area contributed by atoms with Crippen LogP contribution in [0.1, 0.15) is 49.4 Å². The molecule has 0 aliphatic heterocycles. The highest BCUT2D eigenvalue weighted by atomic mass is 16.4. The summed E-state index contributed by atoms with van der Waals surface area (Å²) in [6, 6.07) is 3.59. The van der Waals surface area contributed by atoms with Crippen molar-refractivity contribution in [2.75, 3.05) is 5.32 Å². The molecule has 2 rings (SSSR count). The summed E-state index contributed by atoms with van der Waals surface area (Å²) in [5.41, 5.74) is -0.0413. The molecule has 0 atom stereocenters. The van der Waals surface area contributed by atoms with Gasteiger partial charge in [-0.2, -0.15) is 0 Å². The molecule has 114 valence electrons. The predicted octanol–water partition coefficient (Wildman–Crippen LogP) is 2.93. The number of aromatic hydroxyl groups is 1. The standard InChI is InChI=1S/C15H20N2O4/c1-15(7-3-2-4-8-15)17-14(21)16-10-5-6-11(13(19)20)12(18)9-10/h5-6,9,18H,2-4,7-8H2,1H3,(H,19,20)(H2,16,17,21). The maximum atomic E-state index is 12.0. The van der Waals surface area contributed by atoms with E-state index in [1.54, 1.807) is 0 Å². The summed E-state index contributed by atoms with van der Waals surface area (Å²) in [6.45, 7) is 2.02. The molecule has 0 spiro atoms. The van der Waals surface area contributed by atoms with Gasteiger partial charge in [-0.15, -0.1) is 0 Å². The van der Waals surface area contributed by atoms with E-state index in [0.717, 1.165) is 25.7 Å². The molecule has 4 N–H and O–H groups in total. The molecule has 6 nitrogen and oxygen atoms in total. The summed E-state index contributed by atoms with van der Waals surface area (Å²) in [7, 11) is 0. The molecule has 0 heterocycles. The van der Waals surface area contributed by atoms with E-state index < -0.39 is 5.97 Å². The quantitative estimate of drug-likeness (QED) is 0.688. The van der Waals surface area contributed by atoms with Gasteiger partial charge in [0.15, 0.2) is 0 Å². The van der Waals surface area contributed by atoms with Crippen LogP contribution in [0.15, 0.2) is 18.2 Å². The minimum Gasteiger partial charge on any atom is -0.507 e. The molecule has 2 amide bonds. The Morgan fingerprint density at radius 3 is 2.43 bits per heavy atom. The van der Waals surface area contributed by atoms with E-state index in [4.69, 9.17) is 5.11 Å². The van der Waals surface area contributed by atoms with E-state index in [9.17, 15) is 14.7 Å². The molecule has 1 aliphatic carbocycles. The van der Waals surface area contributed by atoms with Gasteiger partial charge < -0.3 is 20.8 Å². The average Bonchev–Trinajstić information content (AvgIpc) is 2.38. The Hall–Kier alpha value is -2.24. The van der Waals surface area contributed by atoms with Crippen LogP contribution in [0, 0.1) is 0 Å². The Morgan fingerprint density at radius 2 is 1.86 bits per heavy atom. The zero-order valence-corrected chi connectivity index (χ0v) is 12.0. The third-order valence-electron chi connectivity index (χ3n) is 3.86. The van der Waals surface area contributed by atoms with Gasteiger partial charge in [0, 0.05) is 17.3 Å². The number of hydrogen-bond donors (Lipinski definition) is 4. The number of phenols is 1. The van der Waals surface area contributed by atoms with Crippen molar-refractivity contribution in [2.45, 2.75) is 44.6 Å². The Morgan fingerprint density at radius 1 is 1.19 bits per heavy atom. The lowest BCUT2D eigenvalue weighted by Gasteiger charge is -2.34. The van der Waals surface area contributed by atoms with Gasteiger partial charge in [-0.25, -0.2) is 9.59 Å². The number of hydrogen-bond acceptors (Lipinski definition) is 3. The maximum absolute atomic E-state index is 12.0. The lowest BCUT2D eigenvalue weighted by Crippen LogP contribution is -2.48. The van der Waals surface area contributed by atoms with Crippen LogP contribution in [0.3, 0.4) is 0 Å². The molecule has 6 heteroatoms. The molecule has 0 saturated heterocycles.